The molecule has 0 spiro atoms. The molecular formula is C14H17Cl2NO2. The Morgan fingerprint density at radius 2 is 2.21 bits per heavy atom. The van der Waals surface area contributed by atoms with E-state index in [1.54, 1.807) is 0 Å². The van der Waals surface area contributed by atoms with Gasteiger partial charge in [-0.1, -0.05) is 11.6 Å². The predicted molar refractivity (Wildman–Crippen MR) is 76.4 cm³/mol. The molecule has 3 rings (SSSR count). The van der Waals surface area contributed by atoms with Gasteiger partial charge in [-0.3, -0.25) is 4.90 Å². The van der Waals surface area contributed by atoms with Gasteiger partial charge in [0.05, 0.1) is 19.8 Å². The van der Waals surface area contributed by atoms with Crippen LogP contribution in [0.4, 0.5) is 0 Å². The molecule has 19 heavy (non-hydrogen) atoms. The standard InChI is InChI=1S/C14H17Cl2NO2/c15-7-13-9-18-4-2-17(13)8-11-6-12(16)5-10-1-3-19-14(10)11/h5-6,13H,1-4,7-9H2. The van der Waals surface area contributed by atoms with Crippen molar-refractivity contribution in [1.29, 1.82) is 0 Å². The Bertz CT molecular complexity index is 467. The molecule has 1 unspecified atom stereocenters. The highest BCUT2D eigenvalue weighted by atomic mass is 35.5. The van der Waals surface area contributed by atoms with E-state index in [-0.39, 0.29) is 6.04 Å². The van der Waals surface area contributed by atoms with Gasteiger partial charge in [-0.15, -0.1) is 11.6 Å². The summed E-state index contributed by atoms with van der Waals surface area (Å²) in [5.74, 6) is 1.60. The zero-order chi connectivity index (χ0) is 13.2. The summed E-state index contributed by atoms with van der Waals surface area (Å²) in [6.45, 7) is 3.94. The third-order valence-electron chi connectivity index (χ3n) is 3.73. The zero-order valence-corrected chi connectivity index (χ0v) is 12.2. The third kappa shape index (κ3) is 2.84. The van der Waals surface area contributed by atoms with Crippen LogP contribution in [0.3, 0.4) is 0 Å². The first kappa shape index (κ1) is 13.5. The highest BCUT2D eigenvalue weighted by Crippen LogP contribution is 2.34. The number of rotatable bonds is 3. The van der Waals surface area contributed by atoms with Gasteiger partial charge in [0.1, 0.15) is 5.75 Å². The van der Waals surface area contributed by atoms with Gasteiger partial charge in [0, 0.05) is 42.0 Å². The number of halogens is 2. The van der Waals surface area contributed by atoms with Crippen LogP contribution in [0.2, 0.25) is 5.02 Å². The second kappa shape index (κ2) is 5.88. The van der Waals surface area contributed by atoms with Crippen molar-refractivity contribution >= 4 is 23.2 Å². The smallest absolute Gasteiger partial charge is 0.127 e. The number of hydrogen-bond acceptors (Lipinski definition) is 3. The van der Waals surface area contributed by atoms with Crippen molar-refractivity contribution in [3.63, 3.8) is 0 Å². The lowest BCUT2D eigenvalue weighted by Gasteiger charge is -2.34. The van der Waals surface area contributed by atoms with Crippen LogP contribution in [-0.2, 0) is 17.7 Å². The van der Waals surface area contributed by atoms with Crippen molar-refractivity contribution in [3.8, 4) is 5.75 Å². The second-order valence-electron chi connectivity index (χ2n) is 5.01. The number of alkyl halides is 1. The molecular weight excluding hydrogens is 285 g/mol. The van der Waals surface area contributed by atoms with Gasteiger partial charge in [-0.25, -0.2) is 0 Å². The van der Waals surface area contributed by atoms with Crippen LogP contribution < -0.4 is 4.74 Å². The van der Waals surface area contributed by atoms with Crippen LogP contribution in [0.5, 0.6) is 5.75 Å². The van der Waals surface area contributed by atoms with Crippen molar-refractivity contribution in [3.05, 3.63) is 28.3 Å². The molecule has 0 amide bonds. The Balaban J connectivity index is 1.82. The molecule has 1 fully saturated rings. The van der Waals surface area contributed by atoms with Gasteiger partial charge in [0.2, 0.25) is 0 Å². The summed E-state index contributed by atoms with van der Waals surface area (Å²) >= 11 is 12.2. The molecule has 0 N–H and O–H groups in total. The number of hydrogen-bond donors (Lipinski definition) is 0. The van der Waals surface area contributed by atoms with Crippen LogP contribution >= 0.6 is 23.2 Å². The van der Waals surface area contributed by atoms with E-state index in [2.05, 4.69) is 4.90 Å². The van der Waals surface area contributed by atoms with Gasteiger partial charge < -0.3 is 9.47 Å². The summed E-state index contributed by atoms with van der Waals surface area (Å²) in [6.07, 6.45) is 0.949. The Morgan fingerprint density at radius 1 is 1.32 bits per heavy atom. The normalized spacial score (nSPS) is 23.2. The molecule has 0 aromatic heterocycles. The minimum absolute atomic E-state index is 0.270. The summed E-state index contributed by atoms with van der Waals surface area (Å²) in [6, 6.07) is 4.28. The minimum atomic E-state index is 0.270. The third-order valence-corrected chi connectivity index (χ3v) is 4.30. The monoisotopic (exact) mass is 301 g/mol. The molecule has 3 nitrogen and oxygen atoms in total. The summed E-state index contributed by atoms with van der Waals surface area (Å²) < 4.78 is 11.2. The zero-order valence-electron chi connectivity index (χ0n) is 10.7. The first-order valence-electron chi connectivity index (χ1n) is 6.60. The molecule has 2 aliphatic heterocycles. The Kier molecular flexibility index (Phi) is 4.18. The molecule has 2 heterocycles. The average Bonchev–Trinajstić information content (AvgIpc) is 2.87. The van der Waals surface area contributed by atoms with Crippen LogP contribution in [0.15, 0.2) is 12.1 Å². The van der Waals surface area contributed by atoms with E-state index >= 15 is 0 Å². The Morgan fingerprint density at radius 3 is 3.05 bits per heavy atom. The molecule has 0 bridgehead atoms. The van der Waals surface area contributed by atoms with Gasteiger partial charge in [-0.05, 0) is 17.7 Å². The van der Waals surface area contributed by atoms with Crippen LogP contribution in [0.1, 0.15) is 11.1 Å². The molecule has 104 valence electrons. The minimum Gasteiger partial charge on any atom is -0.493 e. The van der Waals surface area contributed by atoms with E-state index in [9.17, 15) is 0 Å². The van der Waals surface area contributed by atoms with E-state index in [0.717, 1.165) is 49.1 Å². The fraction of sp³-hybridized carbons (Fsp3) is 0.571. The largest absolute Gasteiger partial charge is 0.493 e. The van der Waals surface area contributed by atoms with E-state index in [1.807, 2.05) is 12.1 Å². The van der Waals surface area contributed by atoms with Gasteiger partial charge in [0.15, 0.2) is 0 Å². The quantitative estimate of drug-likeness (QED) is 0.801. The van der Waals surface area contributed by atoms with Crippen molar-refractivity contribution in [2.75, 3.05) is 32.2 Å². The van der Waals surface area contributed by atoms with E-state index in [0.29, 0.717) is 12.5 Å². The van der Waals surface area contributed by atoms with Crippen molar-refractivity contribution in [1.82, 2.24) is 4.90 Å². The fourth-order valence-electron chi connectivity index (χ4n) is 2.72. The molecule has 5 heteroatoms. The summed E-state index contributed by atoms with van der Waals surface area (Å²) in [4.78, 5) is 2.35. The van der Waals surface area contributed by atoms with Gasteiger partial charge >= 0.3 is 0 Å². The highest BCUT2D eigenvalue weighted by molar-refractivity contribution is 6.30. The van der Waals surface area contributed by atoms with Crippen molar-refractivity contribution < 1.29 is 9.47 Å². The van der Waals surface area contributed by atoms with E-state index < -0.39 is 0 Å². The number of nitrogens with zero attached hydrogens (tertiary/aromatic N) is 1. The van der Waals surface area contributed by atoms with E-state index in [4.69, 9.17) is 32.7 Å². The maximum Gasteiger partial charge on any atom is 0.127 e. The van der Waals surface area contributed by atoms with Crippen LogP contribution in [0.25, 0.3) is 0 Å². The van der Waals surface area contributed by atoms with Crippen molar-refractivity contribution in [2.45, 2.75) is 19.0 Å². The first-order chi connectivity index (χ1) is 9.28. The average molecular weight is 302 g/mol. The van der Waals surface area contributed by atoms with Crippen LogP contribution in [-0.4, -0.2) is 43.2 Å². The summed E-state index contributed by atoms with van der Waals surface area (Å²) in [7, 11) is 0. The Labute approximate surface area is 123 Å². The lowest BCUT2D eigenvalue weighted by Crippen LogP contribution is -2.45. The topological polar surface area (TPSA) is 21.7 Å². The van der Waals surface area contributed by atoms with Crippen molar-refractivity contribution in [2.24, 2.45) is 0 Å². The maximum atomic E-state index is 6.19. The Hall–Kier alpha value is -0.480. The molecule has 1 atom stereocenters. The molecule has 1 aromatic carbocycles. The van der Waals surface area contributed by atoms with Crippen LogP contribution in [0, 0.1) is 0 Å². The highest BCUT2D eigenvalue weighted by Gasteiger charge is 2.25. The number of benzene rings is 1. The van der Waals surface area contributed by atoms with Gasteiger partial charge in [-0.2, -0.15) is 0 Å². The number of morpholine rings is 1. The number of fused-ring (bicyclic) bond motifs is 1. The van der Waals surface area contributed by atoms with Gasteiger partial charge in [0.25, 0.3) is 0 Å². The molecule has 0 aliphatic carbocycles. The first-order valence-corrected chi connectivity index (χ1v) is 7.51. The maximum absolute atomic E-state index is 6.19. The molecule has 1 aromatic rings. The lowest BCUT2D eigenvalue weighted by atomic mass is 10.1. The fourth-order valence-corrected chi connectivity index (χ4v) is 3.27. The molecule has 2 aliphatic rings. The lowest BCUT2D eigenvalue weighted by molar-refractivity contribution is -0.00331. The number of ether oxygens (including phenoxy) is 2. The van der Waals surface area contributed by atoms with E-state index in [1.165, 1.54) is 5.56 Å². The second-order valence-corrected chi connectivity index (χ2v) is 5.75. The predicted octanol–water partition coefficient (Wildman–Crippen LogP) is 2.71. The SMILES string of the molecule is ClCC1COCCN1Cc1cc(Cl)cc2c1OCC2. The molecule has 0 saturated carbocycles. The summed E-state index contributed by atoms with van der Waals surface area (Å²) in [5.41, 5.74) is 2.38. The summed E-state index contributed by atoms with van der Waals surface area (Å²) in [5, 5.41) is 0.787. The molecule has 0 radical (unpaired) electrons. The molecule has 1 saturated heterocycles.